The zero-order valence-corrected chi connectivity index (χ0v) is 26.7. The molecule has 3 aromatic carbocycles. The van der Waals surface area contributed by atoms with Gasteiger partial charge in [0.1, 0.15) is 11.5 Å². The number of rotatable bonds is 12. The van der Waals surface area contributed by atoms with Crippen molar-refractivity contribution >= 4 is 17.5 Å². The first-order valence-corrected chi connectivity index (χ1v) is 16.1. The predicted molar refractivity (Wildman–Crippen MR) is 180 cm³/mol. The van der Waals surface area contributed by atoms with E-state index in [0.717, 1.165) is 42.6 Å². The maximum Gasteiger partial charge on any atom is 0.253 e. The second-order valence-electron chi connectivity index (χ2n) is 12.2. The van der Waals surface area contributed by atoms with E-state index in [0.29, 0.717) is 47.5 Å². The van der Waals surface area contributed by atoms with Gasteiger partial charge in [0.05, 0.1) is 28.8 Å². The van der Waals surface area contributed by atoms with Crippen LogP contribution in [0.25, 0.3) is 11.3 Å². The molecule has 4 aromatic rings. The summed E-state index contributed by atoms with van der Waals surface area (Å²) in [5.41, 5.74) is 11.4. The van der Waals surface area contributed by atoms with Gasteiger partial charge in [0.2, 0.25) is 0 Å². The zero-order valence-electron chi connectivity index (χ0n) is 26.0. The Morgan fingerprint density at radius 3 is 2.47 bits per heavy atom. The van der Waals surface area contributed by atoms with Gasteiger partial charge in [-0.1, -0.05) is 53.6 Å². The maximum atomic E-state index is 13.7. The lowest BCUT2D eigenvalue weighted by Crippen LogP contribution is -2.47. The summed E-state index contributed by atoms with van der Waals surface area (Å²) in [4.78, 5) is 13.7. The van der Waals surface area contributed by atoms with Crippen LogP contribution in [0.5, 0.6) is 0 Å². The lowest BCUT2D eigenvalue weighted by Gasteiger charge is -2.29. The van der Waals surface area contributed by atoms with Crippen molar-refractivity contribution in [3.05, 3.63) is 117 Å². The van der Waals surface area contributed by atoms with Crippen LogP contribution in [-0.4, -0.2) is 30.6 Å². The molecule has 1 aliphatic rings. The minimum Gasteiger partial charge on any atom is -0.460 e. The fourth-order valence-corrected chi connectivity index (χ4v) is 5.98. The average Bonchev–Trinajstić information content (AvgIpc) is 3.53. The van der Waals surface area contributed by atoms with Crippen LogP contribution in [0.15, 0.2) is 83.3 Å². The van der Waals surface area contributed by atoms with Crippen molar-refractivity contribution < 1.29 is 9.21 Å². The molecule has 5 rings (SSSR count). The molecule has 0 spiro atoms. The fourth-order valence-electron chi connectivity index (χ4n) is 5.78. The topological polar surface area (TPSA) is 116 Å². The largest absolute Gasteiger partial charge is 0.460 e. The highest BCUT2D eigenvalue weighted by molar-refractivity contribution is 6.34. The van der Waals surface area contributed by atoms with E-state index in [1.54, 1.807) is 24.3 Å². The van der Waals surface area contributed by atoms with Crippen molar-refractivity contribution in [2.24, 2.45) is 5.73 Å². The number of halogens is 1. The van der Waals surface area contributed by atoms with Crippen LogP contribution >= 0.6 is 11.6 Å². The molecule has 45 heavy (non-hydrogen) atoms. The lowest BCUT2D eigenvalue weighted by atomic mass is 9.91. The number of nitrogens with zero attached hydrogens (tertiary/aromatic N) is 1. The van der Waals surface area contributed by atoms with E-state index in [2.05, 4.69) is 60.1 Å². The number of aryl methyl sites for hydroxylation is 1. The Hall–Kier alpha value is -3.93. The van der Waals surface area contributed by atoms with Gasteiger partial charge >= 0.3 is 0 Å². The molecule has 0 bridgehead atoms. The number of hydrogen-bond acceptors (Lipinski definition) is 6. The molecule has 234 valence electrons. The quantitative estimate of drug-likeness (QED) is 0.137. The normalized spacial score (nSPS) is 17.8. The highest BCUT2D eigenvalue weighted by atomic mass is 35.5. The third kappa shape index (κ3) is 9.06. The van der Waals surface area contributed by atoms with E-state index in [1.807, 2.05) is 30.3 Å². The summed E-state index contributed by atoms with van der Waals surface area (Å²) in [5.74, 6) is 1.24. The Morgan fingerprint density at radius 2 is 1.76 bits per heavy atom. The summed E-state index contributed by atoms with van der Waals surface area (Å²) < 4.78 is 6.16. The van der Waals surface area contributed by atoms with Gasteiger partial charge in [0.15, 0.2) is 0 Å². The molecule has 8 heteroatoms. The molecular formula is C37H42ClN5O2. The molecule has 0 radical (unpaired) electrons. The highest BCUT2D eigenvalue weighted by Crippen LogP contribution is 2.28. The molecule has 7 nitrogen and oxygen atoms in total. The van der Waals surface area contributed by atoms with Crippen LogP contribution in [0.3, 0.4) is 0 Å². The Kier molecular flexibility index (Phi) is 11.1. The summed E-state index contributed by atoms with van der Waals surface area (Å²) in [5, 5.41) is 20.0. The van der Waals surface area contributed by atoms with E-state index in [-0.39, 0.29) is 24.0 Å². The molecule has 0 unspecified atom stereocenters. The number of carbonyl (C=O) groups is 1. The van der Waals surface area contributed by atoms with Crippen LogP contribution in [0, 0.1) is 18.3 Å². The summed E-state index contributed by atoms with van der Waals surface area (Å²) in [6, 6.07) is 28.1. The first-order chi connectivity index (χ1) is 21.8. The Bertz CT molecular complexity index is 1600. The Morgan fingerprint density at radius 1 is 1.02 bits per heavy atom. The molecule has 5 N–H and O–H groups in total. The third-order valence-corrected chi connectivity index (χ3v) is 8.97. The van der Waals surface area contributed by atoms with Gasteiger partial charge in [-0.15, -0.1) is 0 Å². The molecular weight excluding hydrogens is 582 g/mol. The monoisotopic (exact) mass is 623 g/mol. The van der Waals surface area contributed by atoms with Crippen LogP contribution in [-0.2, 0) is 13.0 Å². The summed E-state index contributed by atoms with van der Waals surface area (Å²) >= 11 is 6.57. The van der Waals surface area contributed by atoms with Crippen molar-refractivity contribution in [1.82, 2.24) is 16.0 Å². The van der Waals surface area contributed by atoms with Gasteiger partial charge in [-0.25, -0.2) is 0 Å². The molecule has 1 amide bonds. The van der Waals surface area contributed by atoms with Gasteiger partial charge in [-0.3, -0.25) is 4.79 Å². The number of carbonyl (C=O) groups excluding carboxylic acids is 1. The fraction of sp³-hybridized carbons (Fsp3) is 0.351. The molecule has 1 aliphatic carbocycles. The van der Waals surface area contributed by atoms with Gasteiger partial charge in [0.25, 0.3) is 5.91 Å². The Labute approximate surface area is 271 Å². The van der Waals surface area contributed by atoms with Crippen molar-refractivity contribution in [1.29, 1.82) is 5.26 Å². The molecule has 1 heterocycles. The number of nitrogens with two attached hydrogens (primary N) is 1. The van der Waals surface area contributed by atoms with Crippen molar-refractivity contribution in [2.75, 3.05) is 6.54 Å². The smallest absolute Gasteiger partial charge is 0.253 e. The number of amides is 1. The summed E-state index contributed by atoms with van der Waals surface area (Å²) in [6.45, 7) is 5.40. The van der Waals surface area contributed by atoms with Crippen LogP contribution in [0.2, 0.25) is 5.02 Å². The van der Waals surface area contributed by atoms with Gasteiger partial charge < -0.3 is 26.1 Å². The first-order valence-electron chi connectivity index (χ1n) is 15.7. The van der Waals surface area contributed by atoms with Crippen molar-refractivity contribution in [3.63, 3.8) is 0 Å². The predicted octanol–water partition coefficient (Wildman–Crippen LogP) is 6.83. The molecule has 0 saturated heterocycles. The molecule has 1 saturated carbocycles. The minimum atomic E-state index is -0.242. The van der Waals surface area contributed by atoms with E-state index >= 15 is 0 Å². The van der Waals surface area contributed by atoms with E-state index in [9.17, 15) is 10.1 Å². The summed E-state index contributed by atoms with van der Waals surface area (Å²) in [6.07, 6.45) is 4.67. The van der Waals surface area contributed by atoms with Gasteiger partial charge in [0, 0.05) is 36.3 Å². The van der Waals surface area contributed by atoms with Gasteiger partial charge in [-0.2, -0.15) is 5.26 Å². The second-order valence-corrected chi connectivity index (χ2v) is 12.6. The molecule has 1 aromatic heterocycles. The number of nitrogens with one attached hydrogen (secondary N) is 3. The number of hydrogen-bond donors (Lipinski definition) is 4. The third-order valence-electron chi connectivity index (χ3n) is 8.64. The molecule has 1 fully saturated rings. The van der Waals surface area contributed by atoms with Crippen LogP contribution < -0.4 is 21.7 Å². The van der Waals surface area contributed by atoms with Crippen molar-refractivity contribution in [2.45, 2.75) is 76.7 Å². The SMILES string of the molecule is Cc1ccc([C@@H](C)NCc2ccc(-c3ccc(Cl)c(C(=O)N[C@@H](CNC4CCC(N)CC4)Cc4ccc(C#N)cc4)c3)o2)cc1. The summed E-state index contributed by atoms with van der Waals surface area (Å²) in [7, 11) is 0. The van der Waals surface area contributed by atoms with Gasteiger partial charge in [-0.05, 0) is 99.5 Å². The standard InChI is InChI=1S/C37H42ClN5O2/c1-24-3-9-28(10-4-24)25(2)41-23-33-16-18-36(45-33)29-11-17-35(38)34(20-29)37(44)43-32(19-26-5-7-27(21-39)8-6-26)22-42-31-14-12-30(40)13-15-31/h3-11,16-18,20,25,30-32,41-42H,12-15,19,22-23,40H2,1-2H3,(H,43,44)/t25-,30?,31?,32-/m1/s1. The lowest BCUT2D eigenvalue weighted by molar-refractivity contribution is 0.0935. The molecule has 2 atom stereocenters. The zero-order chi connectivity index (χ0) is 31.8. The number of furan rings is 1. The maximum absolute atomic E-state index is 13.7. The number of nitriles is 1. The van der Waals surface area contributed by atoms with Crippen molar-refractivity contribution in [3.8, 4) is 17.4 Å². The van der Waals surface area contributed by atoms with E-state index in [4.69, 9.17) is 21.8 Å². The minimum absolute atomic E-state index is 0.174. The average molecular weight is 624 g/mol. The van der Waals surface area contributed by atoms with Crippen LogP contribution in [0.1, 0.15) is 77.0 Å². The second kappa shape index (κ2) is 15.4. The molecule has 0 aliphatic heterocycles. The highest BCUT2D eigenvalue weighted by Gasteiger charge is 2.22. The van der Waals surface area contributed by atoms with E-state index in [1.165, 1.54) is 11.1 Å². The van der Waals surface area contributed by atoms with Crippen LogP contribution in [0.4, 0.5) is 0 Å². The number of benzene rings is 3. The van der Waals surface area contributed by atoms with E-state index < -0.39 is 0 Å². The first kappa shape index (κ1) is 32.5. The Balaban J connectivity index is 1.25.